The van der Waals surface area contributed by atoms with Gasteiger partial charge in [-0.15, -0.1) is 0 Å². The second-order valence-electron chi connectivity index (χ2n) is 8.67. The molecule has 6 nitrogen and oxygen atoms in total. The number of benzene rings is 2. The molecular weight excluding hydrogens is 446 g/mol. The number of hydrogen-bond donors (Lipinski definition) is 1. The molecule has 2 aromatic carbocycles. The lowest BCUT2D eigenvalue weighted by molar-refractivity contribution is 0.0826. The Bertz CT molecular complexity index is 1080. The van der Waals surface area contributed by atoms with Crippen molar-refractivity contribution in [2.24, 2.45) is 0 Å². The maximum Gasteiger partial charge on any atom is 0.252 e. The summed E-state index contributed by atoms with van der Waals surface area (Å²) in [6.07, 6.45) is 0.977. The van der Waals surface area contributed by atoms with Crippen molar-refractivity contribution in [1.82, 2.24) is 14.5 Å². The van der Waals surface area contributed by atoms with E-state index < -0.39 is 10.0 Å². The summed E-state index contributed by atoms with van der Waals surface area (Å²) in [5, 5.41) is 3.19. The first-order chi connectivity index (χ1) is 15.1. The van der Waals surface area contributed by atoms with Crippen LogP contribution in [0, 0.1) is 0 Å². The van der Waals surface area contributed by atoms with Gasteiger partial charge < -0.3 is 5.32 Å². The highest BCUT2D eigenvalue weighted by molar-refractivity contribution is 7.89. The molecule has 0 radical (unpaired) electrons. The Morgan fingerprint density at radius 1 is 1.12 bits per heavy atom. The van der Waals surface area contributed by atoms with Gasteiger partial charge in [-0.2, -0.15) is 4.31 Å². The maximum absolute atomic E-state index is 13.0. The van der Waals surface area contributed by atoms with Crippen LogP contribution in [0.25, 0.3) is 0 Å². The van der Waals surface area contributed by atoms with E-state index in [1.807, 2.05) is 0 Å². The molecule has 0 fully saturated rings. The molecule has 32 heavy (non-hydrogen) atoms. The monoisotopic (exact) mass is 477 g/mol. The third-order valence-electron chi connectivity index (χ3n) is 6.19. The fourth-order valence-corrected chi connectivity index (χ4v) is 5.76. The highest BCUT2D eigenvalue weighted by atomic mass is 35.5. The Kier molecular flexibility index (Phi) is 7.65. The van der Waals surface area contributed by atoms with Gasteiger partial charge in [0, 0.05) is 38.3 Å². The minimum atomic E-state index is -3.68. The van der Waals surface area contributed by atoms with Crippen molar-refractivity contribution in [1.29, 1.82) is 0 Å². The Morgan fingerprint density at radius 2 is 1.78 bits per heavy atom. The minimum Gasteiger partial charge on any atom is -0.350 e. The van der Waals surface area contributed by atoms with Gasteiger partial charge in [-0.25, -0.2) is 8.42 Å². The normalized spacial score (nSPS) is 14.9. The van der Waals surface area contributed by atoms with Crippen LogP contribution in [0.15, 0.2) is 47.4 Å². The summed E-state index contributed by atoms with van der Waals surface area (Å²) in [7, 11) is -3.68. The molecular formula is C24H32ClN3O3S. The maximum atomic E-state index is 13.0. The number of sulfonamides is 1. The summed E-state index contributed by atoms with van der Waals surface area (Å²) in [5.41, 5.74) is 2.58. The summed E-state index contributed by atoms with van der Waals surface area (Å²) < 4.78 is 27.1. The number of carbonyl (C=O) groups is 1. The quantitative estimate of drug-likeness (QED) is 0.625. The number of carbonyl (C=O) groups excluding carboxylic acids is 1. The van der Waals surface area contributed by atoms with Crippen LogP contribution in [0.4, 0.5) is 0 Å². The van der Waals surface area contributed by atoms with Crippen LogP contribution in [0.2, 0.25) is 5.02 Å². The summed E-state index contributed by atoms with van der Waals surface area (Å²) in [5.74, 6) is -0.378. The smallest absolute Gasteiger partial charge is 0.252 e. The van der Waals surface area contributed by atoms with Gasteiger partial charge in [0.25, 0.3) is 5.91 Å². The molecule has 174 valence electrons. The lowest BCUT2D eigenvalue weighted by atomic mass is 9.94. The molecule has 3 rings (SSSR count). The van der Waals surface area contributed by atoms with Gasteiger partial charge >= 0.3 is 0 Å². The van der Waals surface area contributed by atoms with Crippen LogP contribution in [0.1, 0.15) is 49.2 Å². The van der Waals surface area contributed by atoms with Crippen molar-refractivity contribution in [2.45, 2.75) is 51.1 Å². The Morgan fingerprint density at radius 3 is 2.44 bits per heavy atom. The predicted molar refractivity (Wildman–Crippen MR) is 129 cm³/mol. The summed E-state index contributed by atoms with van der Waals surface area (Å²) in [4.78, 5) is 15.4. The van der Waals surface area contributed by atoms with E-state index in [-0.39, 0.29) is 26.9 Å². The SMILES string of the molecule is CCN(CC)S(=O)(=O)c1ccc(Cl)c(C(=O)NCC(C)(C)N2CCc3ccccc3C2)c1. The third-order valence-corrected chi connectivity index (χ3v) is 8.57. The van der Waals surface area contributed by atoms with Gasteiger partial charge in [-0.3, -0.25) is 9.69 Å². The molecule has 1 heterocycles. The predicted octanol–water partition coefficient (Wildman–Crippen LogP) is 3.94. The molecule has 0 spiro atoms. The van der Waals surface area contributed by atoms with Crippen LogP contribution >= 0.6 is 11.6 Å². The molecule has 1 amide bonds. The van der Waals surface area contributed by atoms with Crippen LogP contribution < -0.4 is 5.32 Å². The van der Waals surface area contributed by atoms with E-state index in [4.69, 9.17) is 11.6 Å². The molecule has 0 bridgehead atoms. The molecule has 0 aromatic heterocycles. The van der Waals surface area contributed by atoms with Crippen LogP contribution in [0.5, 0.6) is 0 Å². The van der Waals surface area contributed by atoms with E-state index in [1.165, 1.54) is 33.6 Å². The zero-order valence-electron chi connectivity index (χ0n) is 19.2. The number of amides is 1. The first-order valence-corrected chi connectivity index (χ1v) is 12.8. The van der Waals surface area contributed by atoms with Gasteiger partial charge in [0.15, 0.2) is 0 Å². The number of fused-ring (bicyclic) bond motifs is 1. The van der Waals surface area contributed by atoms with Crippen LogP contribution in [-0.4, -0.2) is 55.2 Å². The van der Waals surface area contributed by atoms with Crippen LogP contribution in [-0.2, 0) is 23.0 Å². The topological polar surface area (TPSA) is 69.7 Å². The summed E-state index contributed by atoms with van der Waals surface area (Å²) in [6.45, 7) is 10.6. The van der Waals surface area contributed by atoms with Crippen molar-refractivity contribution < 1.29 is 13.2 Å². The van der Waals surface area contributed by atoms with Gasteiger partial charge in [-0.1, -0.05) is 49.7 Å². The van der Waals surface area contributed by atoms with Crippen molar-refractivity contribution in [3.8, 4) is 0 Å². The zero-order valence-corrected chi connectivity index (χ0v) is 20.8. The molecule has 0 aliphatic carbocycles. The first-order valence-electron chi connectivity index (χ1n) is 11.0. The molecule has 0 atom stereocenters. The number of nitrogens with one attached hydrogen (secondary N) is 1. The molecule has 1 aliphatic heterocycles. The number of halogens is 1. The molecule has 0 saturated heterocycles. The average molecular weight is 478 g/mol. The van der Waals surface area contributed by atoms with Crippen molar-refractivity contribution in [3.05, 3.63) is 64.2 Å². The fraction of sp³-hybridized carbons (Fsp3) is 0.458. The lowest BCUT2D eigenvalue weighted by Gasteiger charge is -2.41. The fourth-order valence-electron chi connectivity index (χ4n) is 4.07. The standard InChI is InChI=1S/C24H32ClN3O3S/c1-5-28(6-2)32(30,31)20-11-12-22(25)21(15-20)23(29)26-17-24(3,4)27-14-13-18-9-7-8-10-19(18)16-27/h7-12,15H,5-6,13-14,16-17H2,1-4H3,(H,26,29). The second kappa shape index (κ2) is 9.91. The largest absolute Gasteiger partial charge is 0.350 e. The summed E-state index contributed by atoms with van der Waals surface area (Å²) >= 11 is 6.26. The Balaban J connectivity index is 1.73. The van der Waals surface area contributed by atoms with E-state index in [0.717, 1.165) is 19.5 Å². The Hall–Kier alpha value is -1.93. The second-order valence-corrected chi connectivity index (χ2v) is 11.0. The molecule has 0 unspecified atom stereocenters. The lowest BCUT2D eigenvalue weighted by Crippen LogP contribution is -2.53. The van der Waals surface area contributed by atoms with E-state index in [2.05, 4.69) is 48.3 Å². The van der Waals surface area contributed by atoms with Gasteiger partial charge in [0.1, 0.15) is 0 Å². The van der Waals surface area contributed by atoms with E-state index in [9.17, 15) is 13.2 Å². The van der Waals surface area contributed by atoms with E-state index in [0.29, 0.717) is 19.6 Å². The zero-order chi connectivity index (χ0) is 23.5. The first kappa shape index (κ1) is 24.7. The molecule has 2 aromatic rings. The van der Waals surface area contributed by atoms with E-state index in [1.54, 1.807) is 13.8 Å². The number of nitrogens with zero attached hydrogens (tertiary/aromatic N) is 2. The van der Waals surface area contributed by atoms with E-state index >= 15 is 0 Å². The molecule has 0 saturated carbocycles. The van der Waals surface area contributed by atoms with Gasteiger partial charge in [0.2, 0.25) is 10.0 Å². The highest BCUT2D eigenvalue weighted by Crippen LogP contribution is 2.26. The molecule has 8 heteroatoms. The Labute approximate surface area is 196 Å². The average Bonchev–Trinajstić information content (AvgIpc) is 2.78. The van der Waals surface area contributed by atoms with Gasteiger partial charge in [0.05, 0.1) is 15.5 Å². The van der Waals surface area contributed by atoms with Crippen LogP contribution in [0.3, 0.4) is 0 Å². The minimum absolute atomic E-state index is 0.0719. The molecule has 1 aliphatic rings. The number of rotatable bonds is 8. The summed E-state index contributed by atoms with van der Waals surface area (Å²) in [6, 6.07) is 12.7. The molecule has 1 N–H and O–H groups in total. The highest BCUT2D eigenvalue weighted by Gasteiger charge is 2.31. The van der Waals surface area contributed by atoms with Crippen molar-refractivity contribution >= 4 is 27.5 Å². The van der Waals surface area contributed by atoms with Gasteiger partial charge in [-0.05, 0) is 49.6 Å². The number of hydrogen-bond acceptors (Lipinski definition) is 4. The van der Waals surface area contributed by atoms with Crippen molar-refractivity contribution in [2.75, 3.05) is 26.2 Å². The van der Waals surface area contributed by atoms with Crippen molar-refractivity contribution in [3.63, 3.8) is 0 Å². The third kappa shape index (κ3) is 5.17.